The molecule has 1 atom stereocenters. The number of rotatable bonds is 7. The van der Waals surface area contributed by atoms with Gasteiger partial charge in [0.25, 0.3) is 5.91 Å². The van der Waals surface area contributed by atoms with Gasteiger partial charge in [0.1, 0.15) is 5.75 Å². The number of ether oxygens (including phenoxy) is 1. The summed E-state index contributed by atoms with van der Waals surface area (Å²) in [5.74, 6) is 0.280. The molecule has 0 saturated heterocycles. The number of nitrogens with one attached hydrogen (secondary N) is 1. The van der Waals surface area contributed by atoms with E-state index in [1.54, 1.807) is 13.0 Å². The molecular formula is C22H25NO3. The van der Waals surface area contributed by atoms with Gasteiger partial charge < -0.3 is 10.1 Å². The summed E-state index contributed by atoms with van der Waals surface area (Å²) in [5, 5.41) is 4.73. The van der Waals surface area contributed by atoms with Crippen LogP contribution < -0.4 is 10.1 Å². The van der Waals surface area contributed by atoms with Crippen LogP contribution in [0.2, 0.25) is 0 Å². The van der Waals surface area contributed by atoms with Crippen molar-refractivity contribution in [1.29, 1.82) is 0 Å². The van der Waals surface area contributed by atoms with E-state index in [0.717, 1.165) is 36.3 Å². The molecule has 0 aromatic heterocycles. The van der Waals surface area contributed by atoms with Crippen LogP contribution in [0.25, 0.3) is 10.8 Å². The maximum Gasteiger partial charge on any atom is 0.260 e. The van der Waals surface area contributed by atoms with Gasteiger partial charge in [0.05, 0.1) is 5.56 Å². The second-order valence-electron chi connectivity index (χ2n) is 6.73. The summed E-state index contributed by atoms with van der Waals surface area (Å²) in [6, 6.07) is 11.3. The minimum atomic E-state index is -0.657. The van der Waals surface area contributed by atoms with Crippen molar-refractivity contribution >= 4 is 23.0 Å². The Bertz CT molecular complexity index is 825. The van der Waals surface area contributed by atoms with E-state index in [4.69, 9.17) is 4.74 Å². The summed E-state index contributed by atoms with van der Waals surface area (Å²) < 4.78 is 5.79. The lowest BCUT2D eigenvalue weighted by Crippen LogP contribution is -2.37. The van der Waals surface area contributed by atoms with Crippen molar-refractivity contribution in [1.82, 2.24) is 5.32 Å². The fourth-order valence-corrected chi connectivity index (χ4v) is 3.37. The summed E-state index contributed by atoms with van der Waals surface area (Å²) in [6.45, 7) is 2.33. The smallest absolute Gasteiger partial charge is 0.260 e. The number of carbonyl (C=O) groups excluding carboxylic acids is 2. The SMILES string of the molecule is C[C@@H](Oc1ccc2ccccc2c1C=O)C(=O)NCCC1=CCCCC1. The molecule has 4 nitrogen and oxygen atoms in total. The molecule has 0 spiro atoms. The third-order valence-corrected chi connectivity index (χ3v) is 4.85. The lowest BCUT2D eigenvalue weighted by molar-refractivity contribution is -0.127. The molecule has 2 aromatic rings. The first-order valence-corrected chi connectivity index (χ1v) is 9.28. The molecule has 136 valence electrons. The number of benzene rings is 2. The molecule has 3 rings (SSSR count). The highest BCUT2D eigenvalue weighted by molar-refractivity contribution is 6.00. The van der Waals surface area contributed by atoms with E-state index in [1.165, 1.54) is 18.4 Å². The number of hydrogen-bond acceptors (Lipinski definition) is 3. The predicted molar refractivity (Wildman–Crippen MR) is 104 cm³/mol. The van der Waals surface area contributed by atoms with E-state index in [-0.39, 0.29) is 5.91 Å². The van der Waals surface area contributed by atoms with Crippen LogP contribution in [0.3, 0.4) is 0 Å². The van der Waals surface area contributed by atoms with E-state index in [9.17, 15) is 9.59 Å². The van der Waals surface area contributed by atoms with Crippen molar-refractivity contribution < 1.29 is 14.3 Å². The minimum Gasteiger partial charge on any atom is -0.480 e. The Balaban J connectivity index is 1.61. The van der Waals surface area contributed by atoms with Crippen LogP contribution in [-0.4, -0.2) is 24.8 Å². The van der Waals surface area contributed by atoms with Crippen LogP contribution >= 0.6 is 0 Å². The lowest BCUT2D eigenvalue weighted by Gasteiger charge is -2.18. The van der Waals surface area contributed by atoms with Crippen LogP contribution in [-0.2, 0) is 4.79 Å². The fraction of sp³-hybridized carbons (Fsp3) is 0.364. The number of carbonyl (C=O) groups is 2. The number of aldehydes is 1. The second-order valence-corrected chi connectivity index (χ2v) is 6.73. The molecule has 0 heterocycles. The van der Waals surface area contributed by atoms with Gasteiger partial charge in [-0.3, -0.25) is 9.59 Å². The zero-order valence-corrected chi connectivity index (χ0v) is 15.2. The molecule has 1 amide bonds. The number of hydrogen-bond donors (Lipinski definition) is 1. The second kappa shape index (κ2) is 8.65. The monoisotopic (exact) mass is 351 g/mol. The molecule has 1 aliphatic rings. The number of fused-ring (bicyclic) bond motifs is 1. The topological polar surface area (TPSA) is 55.4 Å². The maximum atomic E-state index is 12.3. The van der Waals surface area contributed by atoms with Gasteiger partial charge >= 0.3 is 0 Å². The molecule has 2 aromatic carbocycles. The summed E-state index contributed by atoms with van der Waals surface area (Å²) >= 11 is 0. The van der Waals surface area contributed by atoms with Gasteiger partial charge in [0.2, 0.25) is 0 Å². The van der Waals surface area contributed by atoms with Crippen LogP contribution in [0.4, 0.5) is 0 Å². The highest BCUT2D eigenvalue weighted by Gasteiger charge is 2.17. The van der Waals surface area contributed by atoms with Gasteiger partial charge in [0.15, 0.2) is 12.4 Å². The highest BCUT2D eigenvalue weighted by atomic mass is 16.5. The fourth-order valence-electron chi connectivity index (χ4n) is 3.37. The Morgan fingerprint density at radius 3 is 2.85 bits per heavy atom. The molecule has 1 aliphatic carbocycles. The highest BCUT2D eigenvalue weighted by Crippen LogP contribution is 2.27. The van der Waals surface area contributed by atoms with E-state index < -0.39 is 6.10 Å². The maximum absolute atomic E-state index is 12.3. The number of allylic oxidation sites excluding steroid dienone is 1. The Morgan fingerprint density at radius 2 is 2.08 bits per heavy atom. The van der Waals surface area contributed by atoms with Crippen LogP contribution in [0, 0.1) is 0 Å². The standard InChI is InChI=1S/C22H25NO3/c1-16(22(25)23-14-13-17-7-3-2-4-8-17)26-21-12-11-18-9-5-6-10-19(18)20(21)15-24/h5-7,9-12,15-16H,2-4,8,13-14H2,1H3,(H,23,25)/t16-/m1/s1. The quantitative estimate of drug-likeness (QED) is 0.593. The van der Waals surface area contributed by atoms with Crippen molar-refractivity contribution in [2.75, 3.05) is 6.54 Å². The Kier molecular flexibility index (Phi) is 6.05. The minimum absolute atomic E-state index is 0.161. The first-order valence-electron chi connectivity index (χ1n) is 9.28. The van der Waals surface area contributed by atoms with Gasteiger partial charge in [-0.1, -0.05) is 42.0 Å². The molecule has 1 N–H and O–H groups in total. The van der Waals surface area contributed by atoms with Gasteiger partial charge in [-0.05, 0) is 55.9 Å². The molecule has 26 heavy (non-hydrogen) atoms. The van der Waals surface area contributed by atoms with Crippen molar-refractivity contribution in [2.24, 2.45) is 0 Å². The van der Waals surface area contributed by atoms with E-state index >= 15 is 0 Å². The van der Waals surface area contributed by atoms with Crippen LogP contribution in [0.15, 0.2) is 48.0 Å². The van der Waals surface area contributed by atoms with Gasteiger partial charge in [0, 0.05) is 6.54 Å². The molecule has 0 saturated carbocycles. The molecule has 0 fully saturated rings. The molecule has 0 bridgehead atoms. The zero-order valence-electron chi connectivity index (χ0n) is 15.2. The van der Waals surface area contributed by atoms with E-state index in [2.05, 4.69) is 11.4 Å². The lowest BCUT2D eigenvalue weighted by atomic mass is 9.97. The Labute approximate surface area is 154 Å². The van der Waals surface area contributed by atoms with Gasteiger partial charge in [-0.15, -0.1) is 0 Å². The van der Waals surface area contributed by atoms with Gasteiger partial charge in [-0.2, -0.15) is 0 Å². The summed E-state index contributed by atoms with van der Waals surface area (Å²) in [5.41, 5.74) is 1.91. The third-order valence-electron chi connectivity index (χ3n) is 4.85. The molecule has 0 aliphatic heterocycles. The van der Waals surface area contributed by atoms with E-state index in [0.29, 0.717) is 17.9 Å². The first-order chi connectivity index (χ1) is 12.7. The van der Waals surface area contributed by atoms with Crippen LogP contribution in [0.1, 0.15) is 49.4 Å². The Morgan fingerprint density at radius 1 is 1.23 bits per heavy atom. The predicted octanol–water partition coefficient (Wildman–Crippen LogP) is 4.43. The zero-order chi connectivity index (χ0) is 18.4. The first kappa shape index (κ1) is 18.2. The van der Waals surface area contributed by atoms with Gasteiger partial charge in [-0.25, -0.2) is 0 Å². The summed E-state index contributed by atoms with van der Waals surface area (Å²) in [6.07, 6.45) is 8.13. The summed E-state index contributed by atoms with van der Waals surface area (Å²) in [4.78, 5) is 23.9. The number of amides is 1. The molecule has 0 unspecified atom stereocenters. The third kappa shape index (κ3) is 4.31. The average Bonchev–Trinajstić information content (AvgIpc) is 2.68. The summed E-state index contributed by atoms with van der Waals surface area (Å²) in [7, 11) is 0. The van der Waals surface area contributed by atoms with Crippen LogP contribution in [0.5, 0.6) is 5.75 Å². The average molecular weight is 351 g/mol. The van der Waals surface area contributed by atoms with Crippen molar-refractivity contribution in [3.05, 3.63) is 53.6 Å². The molecule has 0 radical (unpaired) electrons. The van der Waals surface area contributed by atoms with Crippen molar-refractivity contribution in [3.63, 3.8) is 0 Å². The van der Waals surface area contributed by atoms with E-state index in [1.807, 2.05) is 30.3 Å². The normalized spacial score (nSPS) is 15.2. The van der Waals surface area contributed by atoms with Crippen molar-refractivity contribution in [3.8, 4) is 5.75 Å². The molecular weight excluding hydrogens is 326 g/mol. The Hall–Kier alpha value is -2.62. The molecule has 4 heteroatoms. The largest absolute Gasteiger partial charge is 0.480 e. The van der Waals surface area contributed by atoms with Crippen molar-refractivity contribution in [2.45, 2.75) is 45.1 Å².